The smallest absolute Gasteiger partial charge is 0.248 e. The van der Waals surface area contributed by atoms with Crippen LogP contribution in [-0.2, 0) is 4.79 Å². The molecule has 1 aliphatic rings. The number of nitrogens with one attached hydrogen (secondary N) is 2. The van der Waals surface area contributed by atoms with Crippen LogP contribution in [0.1, 0.15) is 37.7 Å². The van der Waals surface area contributed by atoms with Crippen LogP contribution in [0, 0.1) is 12.8 Å². The van der Waals surface area contributed by atoms with Crippen molar-refractivity contribution in [2.75, 3.05) is 5.32 Å². The van der Waals surface area contributed by atoms with Gasteiger partial charge in [-0.15, -0.1) is 0 Å². The fraction of sp³-hybridized carbons (Fsp3) is 0.412. The average Bonchev–Trinajstić information content (AvgIpc) is 2.90. The number of carbonyl (C=O) groups excluding carboxylic acids is 1. The summed E-state index contributed by atoms with van der Waals surface area (Å²) in [5.74, 6) is 0.601. The van der Waals surface area contributed by atoms with E-state index in [0.717, 1.165) is 35.0 Å². The molecule has 2 N–H and O–H groups in total. The van der Waals surface area contributed by atoms with Crippen molar-refractivity contribution in [3.63, 3.8) is 0 Å². The molecule has 1 heterocycles. The van der Waals surface area contributed by atoms with Crippen LogP contribution >= 0.6 is 0 Å². The molecule has 0 radical (unpaired) electrons. The molecule has 1 fully saturated rings. The molecule has 0 atom stereocenters. The highest BCUT2D eigenvalue weighted by molar-refractivity contribution is 5.94. The number of hydrogen-bond donors (Lipinski definition) is 2. The van der Waals surface area contributed by atoms with Gasteiger partial charge in [-0.25, -0.2) is 0 Å². The molecule has 3 rings (SSSR count). The highest BCUT2D eigenvalue weighted by atomic mass is 16.1. The van der Waals surface area contributed by atoms with Gasteiger partial charge in [-0.05, 0) is 43.4 Å². The van der Waals surface area contributed by atoms with Gasteiger partial charge in [0, 0.05) is 23.6 Å². The predicted molar refractivity (Wildman–Crippen MR) is 84.5 cm³/mol. The lowest BCUT2D eigenvalue weighted by atomic mass is 10.0. The quantitative estimate of drug-likeness (QED) is 0.908. The van der Waals surface area contributed by atoms with E-state index in [-0.39, 0.29) is 11.5 Å². The Bertz CT molecular complexity index is 727. The van der Waals surface area contributed by atoms with Gasteiger partial charge in [-0.3, -0.25) is 9.59 Å². The van der Waals surface area contributed by atoms with Gasteiger partial charge in [0.05, 0.1) is 5.52 Å². The highest BCUT2D eigenvalue weighted by Gasteiger charge is 2.18. The van der Waals surface area contributed by atoms with Gasteiger partial charge in [0.25, 0.3) is 0 Å². The molecule has 0 spiro atoms. The molecule has 0 saturated heterocycles. The standard InChI is InChI=1S/C17H20N2O2/c1-11-8-16(20)19-15-10-13(6-7-14(11)15)18-17(21)9-12-4-2-3-5-12/h6-8,10,12H,2-5,9H2,1H3,(H,18,21)(H,19,20). The third-order valence-electron chi connectivity index (χ3n) is 4.28. The first-order chi connectivity index (χ1) is 10.1. The second kappa shape index (κ2) is 5.72. The fourth-order valence-corrected chi connectivity index (χ4v) is 3.20. The number of fused-ring (bicyclic) bond motifs is 1. The minimum absolute atomic E-state index is 0.0660. The molecule has 1 aromatic carbocycles. The summed E-state index contributed by atoms with van der Waals surface area (Å²) in [4.78, 5) is 26.4. The van der Waals surface area contributed by atoms with Crippen molar-refractivity contribution in [2.24, 2.45) is 5.92 Å². The van der Waals surface area contributed by atoms with E-state index in [1.165, 1.54) is 12.8 Å². The van der Waals surface area contributed by atoms with Gasteiger partial charge in [-0.1, -0.05) is 18.9 Å². The molecule has 21 heavy (non-hydrogen) atoms. The van der Waals surface area contributed by atoms with E-state index in [1.807, 2.05) is 25.1 Å². The van der Waals surface area contributed by atoms with Gasteiger partial charge in [0.1, 0.15) is 0 Å². The lowest BCUT2D eigenvalue weighted by Gasteiger charge is -2.10. The van der Waals surface area contributed by atoms with Crippen molar-refractivity contribution in [2.45, 2.75) is 39.0 Å². The molecule has 4 heteroatoms. The number of aromatic amines is 1. The summed E-state index contributed by atoms with van der Waals surface area (Å²) in [6, 6.07) is 7.24. The van der Waals surface area contributed by atoms with E-state index in [4.69, 9.17) is 0 Å². The number of H-pyrrole nitrogens is 1. The Labute approximate surface area is 123 Å². The molecule has 1 amide bonds. The largest absolute Gasteiger partial charge is 0.326 e. The molecule has 0 aliphatic heterocycles. The Morgan fingerprint density at radius 2 is 2.05 bits per heavy atom. The van der Waals surface area contributed by atoms with Gasteiger partial charge < -0.3 is 10.3 Å². The predicted octanol–water partition coefficient (Wildman–Crippen LogP) is 3.36. The van der Waals surface area contributed by atoms with Gasteiger partial charge in [-0.2, -0.15) is 0 Å². The number of anilines is 1. The molecule has 4 nitrogen and oxygen atoms in total. The lowest BCUT2D eigenvalue weighted by Crippen LogP contribution is -2.15. The second-order valence-electron chi connectivity index (χ2n) is 5.98. The first-order valence-electron chi connectivity index (χ1n) is 7.55. The van der Waals surface area contributed by atoms with E-state index < -0.39 is 0 Å². The molecule has 1 saturated carbocycles. The van der Waals surface area contributed by atoms with Crippen LogP contribution in [0.15, 0.2) is 29.1 Å². The highest BCUT2D eigenvalue weighted by Crippen LogP contribution is 2.28. The number of benzene rings is 1. The number of aromatic nitrogens is 1. The van der Waals surface area contributed by atoms with Gasteiger partial charge in [0.2, 0.25) is 11.5 Å². The zero-order valence-electron chi connectivity index (χ0n) is 12.2. The molecular weight excluding hydrogens is 264 g/mol. The van der Waals surface area contributed by atoms with Crippen LogP contribution in [-0.4, -0.2) is 10.9 Å². The molecule has 1 aromatic heterocycles. The van der Waals surface area contributed by atoms with Crippen LogP contribution in [0.3, 0.4) is 0 Å². The van der Waals surface area contributed by atoms with Crippen LogP contribution in [0.5, 0.6) is 0 Å². The van der Waals surface area contributed by atoms with Crippen molar-refractivity contribution < 1.29 is 4.79 Å². The Kier molecular flexibility index (Phi) is 3.78. The van der Waals surface area contributed by atoms with E-state index in [2.05, 4.69) is 10.3 Å². The van der Waals surface area contributed by atoms with Crippen LogP contribution < -0.4 is 10.9 Å². The zero-order chi connectivity index (χ0) is 14.8. The van der Waals surface area contributed by atoms with Gasteiger partial charge >= 0.3 is 0 Å². The van der Waals surface area contributed by atoms with E-state index >= 15 is 0 Å². The Balaban J connectivity index is 1.77. The second-order valence-corrected chi connectivity index (χ2v) is 5.98. The maximum Gasteiger partial charge on any atom is 0.248 e. The first kappa shape index (κ1) is 13.9. The van der Waals surface area contributed by atoms with E-state index in [9.17, 15) is 9.59 Å². The average molecular weight is 284 g/mol. The van der Waals surface area contributed by atoms with Crippen molar-refractivity contribution in [1.82, 2.24) is 4.98 Å². The number of aryl methyl sites for hydroxylation is 1. The zero-order valence-corrected chi connectivity index (χ0v) is 12.2. The van der Waals surface area contributed by atoms with Crippen molar-refractivity contribution in [3.8, 4) is 0 Å². The molecule has 1 aliphatic carbocycles. The molecule has 0 unspecified atom stereocenters. The van der Waals surface area contributed by atoms with Crippen molar-refractivity contribution in [1.29, 1.82) is 0 Å². The Morgan fingerprint density at radius 3 is 2.81 bits per heavy atom. The number of carbonyl (C=O) groups is 1. The maximum absolute atomic E-state index is 12.1. The third kappa shape index (κ3) is 3.15. The van der Waals surface area contributed by atoms with E-state index in [1.54, 1.807) is 6.07 Å². The first-order valence-corrected chi connectivity index (χ1v) is 7.55. The monoisotopic (exact) mass is 284 g/mol. The summed E-state index contributed by atoms with van der Waals surface area (Å²) < 4.78 is 0. The summed E-state index contributed by atoms with van der Waals surface area (Å²) >= 11 is 0. The Morgan fingerprint density at radius 1 is 1.29 bits per heavy atom. The molecule has 110 valence electrons. The minimum atomic E-state index is -0.116. The molecule has 0 bridgehead atoms. The maximum atomic E-state index is 12.1. The van der Waals surface area contributed by atoms with Crippen molar-refractivity contribution >= 4 is 22.5 Å². The minimum Gasteiger partial charge on any atom is -0.326 e. The third-order valence-corrected chi connectivity index (χ3v) is 4.28. The summed E-state index contributed by atoms with van der Waals surface area (Å²) in [7, 11) is 0. The topological polar surface area (TPSA) is 62.0 Å². The molecular formula is C17H20N2O2. The molecule has 2 aromatic rings. The number of pyridine rings is 1. The summed E-state index contributed by atoms with van der Waals surface area (Å²) in [5.41, 5.74) is 2.33. The van der Waals surface area contributed by atoms with Crippen LogP contribution in [0.2, 0.25) is 0 Å². The van der Waals surface area contributed by atoms with Gasteiger partial charge in [0.15, 0.2) is 0 Å². The van der Waals surface area contributed by atoms with E-state index in [0.29, 0.717) is 12.3 Å². The van der Waals surface area contributed by atoms with Crippen LogP contribution in [0.4, 0.5) is 5.69 Å². The summed E-state index contributed by atoms with van der Waals surface area (Å²) in [6.45, 7) is 1.91. The number of hydrogen-bond acceptors (Lipinski definition) is 2. The Hall–Kier alpha value is -2.10. The lowest BCUT2D eigenvalue weighted by molar-refractivity contribution is -0.117. The SMILES string of the molecule is Cc1cc(=O)[nH]c2cc(NC(=O)CC3CCCC3)ccc12. The number of amides is 1. The fourth-order valence-electron chi connectivity index (χ4n) is 3.20. The summed E-state index contributed by atoms with van der Waals surface area (Å²) in [5, 5.41) is 3.94. The number of rotatable bonds is 3. The summed E-state index contributed by atoms with van der Waals surface area (Å²) in [6.07, 6.45) is 5.42. The normalized spacial score (nSPS) is 15.5. The van der Waals surface area contributed by atoms with Crippen molar-refractivity contribution in [3.05, 3.63) is 40.2 Å². The van der Waals surface area contributed by atoms with Crippen LogP contribution in [0.25, 0.3) is 10.9 Å².